The van der Waals surface area contributed by atoms with Gasteiger partial charge < -0.3 is 20.4 Å². The minimum atomic E-state index is -1.19. The van der Waals surface area contributed by atoms with Gasteiger partial charge in [0.2, 0.25) is 0 Å². The van der Waals surface area contributed by atoms with Crippen LogP contribution >= 0.6 is 0 Å². The minimum Gasteiger partial charge on any atom is -0.508 e. The summed E-state index contributed by atoms with van der Waals surface area (Å²) in [4.78, 5) is 25.1. The molecular formula is C15H20N2O4. The van der Waals surface area contributed by atoms with E-state index in [0.717, 1.165) is 18.9 Å². The van der Waals surface area contributed by atoms with E-state index < -0.39 is 5.97 Å². The summed E-state index contributed by atoms with van der Waals surface area (Å²) < 4.78 is 0. The number of urea groups is 1. The quantitative estimate of drug-likeness (QED) is 0.731. The Morgan fingerprint density at radius 3 is 2.67 bits per heavy atom. The molecule has 0 spiro atoms. The zero-order chi connectivity index (χ0) is 15.6. The summed E-state index contributed by atoms with van der Waals surface area (Å²) in [7, 11) is 0. The van der Waals surface area contributed by atoms with Crippen LogP contribution in [0.4, 0.5) is 10.5 Å². The number of carboxylic acid groups (broad SMARTS) is 1. The fourth-order valence-electron chi connectivity index (χ4n) is 2.61. The molecule has 1 aromatic carbocycles. The van der Waals surface area contributed by atoms with Crippen molar-refractivity contribution in [3.8, 4) is 5.75 Å². The average molecular weight is 292 g/mol. The molecule has 114 valence electrons. The largest absolute Gasteiger partial charge is 0.508 e. The van der Waals surface area contributed by atoms with Gasteiger partial charge in [-0.2, -0.15) is 0 Å². The van der Waals surface area contributed by atoms with Gasteiger partial charge in [-0.1, -0.05) is 13.8 Å². The number of nitrogens with one attached hydrogen (secondary N) is 1. The number of nitrogens with zero attached hydrogens (tertiary/aromatic N) is 1. The molecule has 1 heterocycles. The fraction of sp³-hybridized carbons (Fsp3) is 0.467. The molecule has 1 aromatic rings. The van der Waals surface area contributed by atoms with Crippen molar-refractivity contribution in [1.29, 1.82) is 0 Å². The van der Waals surface area contributed by atoms with Crippen molar-refractivity contribution in [3.05, 3.63) is 23.8 Å². The first-order chi connectivity index (χ1) is 9.78. The van der Waals surface area contributed by atoms with Gasteiger partial charge in [-0.15, -0.1) is 0 Å². The Bertz CT molecular complexity index is 569. The molecular weight excluding hydrogens is 272 g/mol. The third kappa shape index (κ3) is 3.65. The molecule has 6 nitrogen and oxygen atoms in total. The highest BCUT2D eigenvalue weighted by molar-refractivity contribution is 6.00. The normalized spacial score (nSPS) is 17.3. The third-order valence-corrected chi connectivity index (χ3v) is 3.66. The number of anilines is 1. The zero-order valence-corrected chi connectivity index (χ0v) is 12.2. The highest BCUT2D eigenvalue weighted by Crippen LogP contribution is 2.29. The second kappa shape index (κ2) is 5.63. The van der Waals surface area contributed by atoms with Gasteiger partial charge in [0.05, 0.1) is 11.3 Å². The van der Waals surface area contributed by atoms with Gasteiger partial charge in [-0.3, -0.25) is 0 Å². The molecule has 0 aromatic heterocycles. The number of piperidine rings is 1. The Morgan fingerprint density at radius 2 is 2.05 bits per heavy atom. The molecule has 1 fully saturated rings. The van der Waals surface area contributed by atoms with Crippen molar-refractivity contribution < 1.29 is 19.8 Å². The van der Waals surface area contributed by atoms with Crippen LogP contribution in [0.1, 0.15) is 37.0 Å². The smallest absolute Gasteiger partial charge is 0.337 e. The van der Waals surface area contributed by atoms with Gasteiger partial charge in [0.25, 0.3) is 0 Å². The second-order valence-corrected chi connectivity index (χ2v) is 6.15. The number of aromatic carboxylic acids is 1. The predicted octanol–water partition coefficient (Wildman–Crippen LogP) is 2.74. The molecule has 0 aliphatic carbocycles. The van der Waals surface area contributed by atoms with Crippen molar-refractivity contribution in [2.24, 2.45) is 5.41 Å². The number of aromatic hydroxyl groups is 1. The number of amides is 2. The van der Waals surface area contributed by atoms with E-state index in [-0.39, 0.29) is 28.4 Å². The van der Waals surface area contributed by atoms with Crippen LogP contribution in [0.15, 0.2) is 18.2 Å². The molecule has 3 N–H and O–H groups in total. The molecule has 1 aliphatic heterocycles. The van der Waals surface area contributed by atoms with Gasteiger partial charge >= 0.3 is 12.0 Å². The van der Waals surface area contributed by atoms with Crippen LogP contribution in [-0.2, 0) is 0 Å². The maximum Gasteiger partial charge on any atom is 0.337 e. The van der Waals surface area contributed by atoms with Crippen LogP contribution in [-0.4, -0.2) is 40.2 Å². The topological polar surface area (TPSA) is 89.9 Å². The van der Waals surface area contributed by atoms with Gasteiger partial charge in [0, 0.05) is 13.1 Å². The third-order valence-electron chi connectivity index (χ3n) is 3.66. The summed E-state index contributed by atoms with van der Waals surface area (Å²) >= 11 is 0. The average Bonchev–Trinajstić information content (AvgIpc) is 2.39. The first kappa shape index (κ1) is 15.2. The van der Waals surface area contributed by atoms with Gasteiger partial charge in [-0.05, 0) is 36.5 Å². The van der Waals surface area contributed by atoms with Crippen LogP contribution in [0.2, 0.25) is 0 Å². The second-order valence-electron chi connectivity index (χ2n) is 6.15. The number of hydrogen-bond donors (Lipinski definition) is 3. The van der Waals surface area contributed by atoms with Crippen LogP contribution in [0, 0.1) is 5.41 Å². The van der Waals surface area contributed by atoms with Crippen LogP contribution in [0.25, 0.3) is 0 Å². The van der Waals surface area contributed by atoms with Crippen molar-refractivity contribution in [1.82, 2.24) is 4.90 Å². The first-order valence-corrected chi connectivity index (χ1v) is 6.91. The molecule has 0 unspecified atom stereocenters. The molecule has 2 amide bonds. The fourth-order valence-corrected chi connectivity index (χ4v) is 2.61. The molecule has 21 heavy (non-hydrogen) atoms. The van der Waals surface area contributed by atoms with E-state index in [4.69, 9.17) is 5.11 Å². The number of hydrogen-bond acceptors (Lipinski definition) is 3. The Kier molecular flexibility index (Phi) is 4.06. The lowest BCUT2D eigenvalue weighted by Crippen LogP contribution is -2.45. The number of benzene rings is 1. The Balaban J connectivity index is 2.14. The summed E-state index contributed by atoms with van der Waals surface area (Å²) in [6, 6.07) is 3.56. The number of carbonyl (C=O) groups is 2. The molecule has 2 rings (SSSR count). The maximum absolute atomic E-state index is 12.3. The van der Waals surface area contributed by atoms with Crippen molar-refractivity contribution in [2.75, 3.05) is 18.4 Å². The van der Waals surface area contributed by atoms with E-state index in [1.165, 1.54) is 12.1 Å². The summed E-state index contributed by atoms with van der Waals surface area (Å²) in [5.74, 6) is -1.34. The highest BCUT2D eigenvalue weighted by Gasteiger charge is 2.29. The van der Waals surface area contributed by atoms with Gasteiger partial charge in [-0.25, -0.2) is 9.59 Å². The minimum absolute atomic E-state index is 0.0696. The molecule has 0 bridgehead atoms. The standard InChI is InChI=1S/C15H20N2O4/c1-15(2)6-3-7-17(9-15)14(21)16-12-5-4-10(18)8-11(12)13(19)20/h4-5,8,18H,3,6-7,9H2,1-2H3,(H,16,21)(H,19,20). The van der Waals surface area contributed by atoms with Gasteiger partial charge in [0.15, 0.2) is 0 Å². The predicted molar refractivity (Wildman–Crippen MR) is 78.7 cm³/mol. The Hall–Kier alpha value is -2.24. The van der Waals surface area contributed by atoms with E-state index >= 15 is 0 Å². The van der Waals surface area contributed by atoms with E-state index in [0.29, 0.717) is 13.1 Å². The van der Waals surface area contributed by atoms with Crippen molar-refractivity contribution in [2.45, 2.75) is 26.7 Å². The van der Waals surface area contributed by atoms with Crippen LogP contribution < -0.4 is 5.32 Å². The SMILES string of the molecule is CC1(C)CCCN(C(=O)Nc2ccc(O)cc2C(=O)O)C1. The molecule has 0 radical (unpaired) electrons. The number of phenolic OH excluding ortho intramolecular Hbond substituents is 1. The van der Waals surface area contributed by atoms with Crippen LogP contribution in [0.5, 0.6) is 5.75 Å². The van der Waals surface area contributed by atoms with Crippen molar-refractivity contribution >= 4 is 17.7 Å². The van der Waals surface area contributed by atoms with Gasteiger partial charge in [0.1, 0.15) is 5.75 Å². The summed E-state index contributed by atoms with van der Waals surface area (Å²) in [6.07, 6.45) is 2.00. The Labute approximate surface area is 123 Å². The molecule has 0 saturated carbocycles. The Morgan fingerprint density at radius 1 is 1.33 bits per heavy atom. The van der Waals surface area contributed by atoms with E-state index in [9.17, 15) is 14.7 Å². The number of carbonyl (C=O) groups excluding carboxylic acids is 1. The van der Waals surface area contributed by atoms with E-state index in [1.54, 1.807) is 4.90 Å². The lowest BCUT2D eigenvalue weighted by molar-refractivity contribution is 0.0697. The van der Waals surface area contributed by atoms with Crippen molar-refractivity contribution in [3.63, 3.8) is 0 Å². The summed E-state index contributed by atoms with van der Waals surface area (Å²) in [6.45, 7) is 5.51. The number of phenols is 1. The maximum atomic E-state index is 12.3. The lowest BCUT2D eigenvalue weighted by Gasteiger charge is -2.38. The highest BCUT2D eigenvalue weighted by atomic mass is 16.4. The number of carboxylic acids is 1. The molecule has 0 atom stereocenters. The monoisotopic (exact) mass is 292 g/mol. The van der Waals surface area contributed by atoms with E-state index in [2.05, 4.69) is 19.2 Å². The first-order valence-electron chi connectivity index (χ1n) is 6.91. The summed E-state index contributed by atoms with van der Waals surface area (Å²) in [5, 5.41) is 21.1. The summed E-state index contributed by atoms with van der Waals surface area (Å²) in [5.41, 5.74) is 0.133. The molecule has 1 aliphatic rings. The molecule has 6 heteroatoms. The molecule has 1 saturated heterocycles. The number of rotatable bonds is 2. The lowest BCUT2D eigenvalue weighted by atomic mass is 9.84. The zero-order valence-electron chi connectivity index (χ0n) is 12.2. The number of likely N-dealkylation sites (tertiary alicyclic amines) is 1. The van der Waals surface area contributed by atoms with Crippen LogP contribution in [0.3, 0.4) is 0 Å². The van der Waals surface area contributed by atoms with E-state index in [1.807, 2.05) is 0 Å².